The van der Waals surface area contributed by atoms with Gasteiger partial charge in [-0.3, -0.25) is 4.90 Å². The summed E-state index contributed by atoms with van der Waals surface area (Å²) in [4.78, 5) is 40.0. The highest BCUT2D eigenvalue weighted by molar-refractivity contribution is 6.08. The molecule has 0 radical (unpaired) electrons. The SMILES string of the molecule is CCOC(=O)c1ccccc1N1C(N)=C(C#N)C(c2ccccc2)C(C(=O)OC)=C1C(=O)OC. The van der Waals surface area contributed by atoms with Gasteiger partial charge in [-0.1, -0.05) is 42.5 Å². The molecule has 174 valence electrons. The van der Waals surface area contributed by atoms with Crippen molar-refractivity contribution < 1.29 is 28.6 Å². The van der Waals surface area contributed by atoms with Crippen LogP contribution in [-0.2, 0) is 23.8 Å². The van der Waals surface area contributed by atoms with Crippen LogP contribution >= 0.6 is 0 Å². The van der Waals surface area contributed by atoms with Crippen molar-refractivity contribution in [3.63, 3.8) is 0 Å². The van der Waals surface area contributed by atoms with E-state index in [0.717, 1.165) is 14.2 Å². The molecule has 1 unspecified atom stereocenters. The summed E-state index contributed by atoms with van der Waals surface area (Å²) in [5, 5.41) is 10.1. The third-order valence-electron chi connectivity index (χ3n) is 5.25. The molecule has 2 aromatic carbocycles. The number of para-hydroxylation sites is 1. The zero-order chi connectivity index (χ0) is 24.8. The monoisotopic (exact) mass is 461 g/mol. The highest BCUT2D eigenvalue weighted by atomic mass is 16.5. The number of hydrogen-bond donors (Lipinski definition) is 1. The summed E-state index contributed by atoms with van der Waals surface area (Å²) in [6.45, 7) is 1.77. The minimum absolute atomic E-state index is 0.00193. The second-order valence-electron chi connectivity index (χ2n) is 7.07. The van der Waals surface area contributed by atoms with Gasteiger partial charge in [-0.05, 0) is 24.6 Å². The van der Waals surface area contributed by atoms with Gasteiger partial charge in [-0.15, -0.1) is 0 Å². The van der Waals surface area contributed by atoms with Gasteiger partial charge < -0.3 is 19.9 Å². The van der Waals surface area contributed by atoms with Gasteiger partial charge >= 0.3 is 17.9 Å². The quantitative estimate of drug-likeness (QED) is 0.509. The van der Waals surface area contributed by atoms with E-state index in [2.05, 4.69) is 6.07 Å². The fourth-order valence-corrected chi connectivity index (χ4v) is 3.81. The van der Waals surface area contributed by atoms with Crippen molar-refractivity contribution in [3.8, 4) is 6.07 Å². The average molecular weight is 461 g/mol. The van der Waals surface area contributed by atoms with Gasteiger partial charge in [0.15, 0.2) is 0 Å². The molecule has 2 N–H and O–H groups in total. The Morgan fingerprint density at radius 3 is 2.18 bits per heavy atom. The Hall–Kier alpha value is -4.58. The van der Waals surface area contributed by atoms with E-state index >= 15 is 0 Å². The molecule has 34 heavy (non-hydrogen) atoms. The summed E-state index contributed by atoms with van der Waals surface area (Å²) < 4.78 is 15.1. The number of ether oxygens (including phenoxy) is 3. The Kier molecular flexibility index (Phi) is 7.33. The van der Waals surface area contributed by atoms with Crippen LogP contribution in [0.3, 0.4) is 0 Å². The Morgan fingerprint density at radius 1 is 0.971 bits per heavy atom. The topological polar surface area (TPSA) is 132 Å². The number of benzene rings is 2. The first-order chi connectivity index (χ1) is 16.4. The van der Waals surface area contributed by atoms with E-state index in [9.17, 15) is 19.6 Å². The molecule has 2 aromatic rings. The van der Waals surface area contributed by atoms with E-state index in [1.165, 1.54) is 17.0 Å². The van der Waals surface area contributed by atoms with Crippen LogP contribution in [0.25, 0.3) is 0 Å². The van der Waals surface area contributed by atoms with Crippen molar-refractivity contribution in [2.45, 2.75) is 12.8 Å². The number of nitriles is 1. The molecule has 1 atom stereocenters. The Bertz CT molecular complexity index is 1230. The van der Waals surface area contributed by atoms with E-state index in [-0.39, 0.29) is 40.5 Å². The summed E-state index contributed by atoms with van der Waals surface area (Å²) in [6.07, 6.45) is 0. The second-order valence-corrected chi connectivity index (χ2v) is 7.07. The number of hydrogen-bond acceptors (Lipinski definition) is 9. The van der Waals surface area contributed by atoms with Crippen LogP contribution in [0.5, 0.6) is 0 Å². The van der Waals surface area contributed by atoms with Crippen molar-refractivity contribution in [1.29, 1.82) is 5.26 Å². The number of carbonyl (C=O) groups is 3. The smallest absolute Gasteiger partial charge is 0.355 e. The molecule has 1 heterocycles. The predicted molar refractivity (Wildman–Crippen MR) is 122 cm³/mol. The summed E-state index contributed by atoms with van der Waals surface area (Å²) in [5.41, 5.74) is 6.80. The van der Waals surface area contributed by atoms with Crippen molar-refractivity contribution in [2.75, 3.05) is 25.7 Å². The predicted octanol–water partition coefficient (Wildman–Crippen LogP) is 2.76. The second kappa shape index (κ2) is 10.4. The van der Waals surface area contributed by atoms with E-state index in [1.807, 2.05) is 0 Å². The molecule has 0 amide bonds. The van der Waals surface area contributed by atoms with Crippen molar-refractivity contribution >= 4 is 23.6 Å². The maximum Gasteiger partial charge on any atom is 0.355 e. The third kappa shape index (κ3) is 4.21. The van der Waals surface area contributed by atoms with Crippen LogP contribution in [0.2, 0.25) is 0 Å². The molecule has 0 aliphatic carbocycles. The van der Waals surface area contributed by atoms with Gasteiger partial charge in [0.1, 0.15) is 11.5 Å². The van der Waals surface area contributed by atoms with E-state index in [1.54, 1.807) is 49.4 Å². The summed E-state index contributed by atoms with van der Waals surface area (Å²) in [5.74, 6) is -3.56. The fraction of sp³-hybridized carbons (Fsp3) is 0.200. The van der Waals surface area contributed by atoms with E-state index in [4.69, 9.17) is 19.9 Å². The maximum atomic E-state index is 13.1. The molecule has 9 nitrogen and oxygen atoms in total. The summed E-state index contributed by atoms with van der Waals surface area (Å²) in [6, 6.07) is 17.0. The number of esters is 3. The van der Waals surface area contributed by atoms with Crippen LogP contribution < -0.4 is 10.6 Å². The van der Waals surface area contributed by atoms with Crippen LogP contribution in [0.1, 0.15) is 28.8 Å². The molecular formula is C25H23N3O6. The van der Waals surface area contributed by atoms with Crippen LogP contribution in [-0.4, -0.2) is 38.7 Å². The number of methoxy groups -OCH3 is 2. The van der Waals surface area contributed by atoms with Gasteiger partial charge in [-0.25, -0.2) is 14.4 Å². The highest BCUT2D eigenvalue weighted by Crippen LogP contribution is 2.43. The van der Waals surface area contributed by atoms with Crippen molar-refractivity contribution in [3.05, 3.63) is 88.4 Å². The van der Waals surface area contributed by atoms with Gasteiger partial charge in [0.25, 0.3) is 0 Å². The van der Waals surface area contributed by atoms with Gasteiger partial charge in [0, 0.05) is 0 Å². The van der Waals surface area contributed by atoms with Gasteiger partial charge in [0.2, 0.25) is 0 Å². The molecule has 3 rings (SSSR count). The molecule has 9 heteroatoms. The molecule has 0 aromatic heterocycles. The highest BCUT2D eigenvalue weighted by Gasteiger charge is 2.43. The van der Waals surface area contributed by atoms with Crippen molar-refractivity contribution in [1.82, 2.24) is 0 Å². The Labute approximate surface area is 196 Å². The first kappa shape index (κ1) is 24.1. The lowest BCUT2D eigenvalue weighted by molar-refractivity contribution is -0.139. The lowest BCUT2D eigenvalue weighted by Crippen LogP contribution is -2.41. The molecular weight excluding hydrogens is 438 g/mol. The van der Waals surface area contributed by atoms with E-state index < -0.39 is 23.8 Å². The first-order valence-corrected chi connectivity index (χ1v) is 10.3. The minimum Gasteiger partial charge on any atom is -0.466 e. The normalized spacial score (nSPS) is 15.5. The van der Waals surface area contributed by atoms with Crippen LogP contribution in [0.4, 0.5) is 5.69 Å². The largest absolute Gasteiger partial charge is 0.466 e. The molecule has 1 aliphatic rings. The fourth-order valence-electron chi connectivity index (χ4n) is 3.81. The number of rotatable bonds is 6. The Morgan fingerprint density at radius 2 is 1.59 bits per heavy atom. The summed E-state index contributed by atoms with van der Waals surface area (Å²) in [7, 11) is 2.31. The third-order valence-corrected chi connectivity index (χ3v) is 5.25. The molecule has 0 spiro atoms. The zero-order valence-corrected chi connectivity index (χ0v) is 18.9. The molecule has 0 saturated heterocycles. The number of nitrogens with zero attached hydrogens (tertiary/aromatic N) is 2. The standard InChI is InChI=1S/C25H23N3O6/c1-4-34-23(29)16-12-8-9-13-18(16)28-21(25(31)33-3)20(24(30)32-2)19(17(14-26)22(28)27)15-10-6-5-7-11-15/h5-13,19H,4,27H2,1-3H3. The lowest BCUT2D eigenvalue weighted by atomic mass is 9.80. The van der Waals surface area contributed by atoms with E-state index in [0.29, 0.717) is 5.56 Å². The minimum atomic E-state index is -1.00. The van der Waals surface area contributed by atoms with Crippen molar-refractivity contribution in [2.24, 2.45) is 5.73 Å². The Balaban J connectivity index is 2.43. The number of nitrogens with two attached hydrogens (primary N) is 1. The maximum absolute atomic E-state index is 13.1. The average Bonchev–Trinajstić information content (AvgIpc) is 2.87. The number of allylic oxidation sites excluding steroid dienone is 1. The molecule has 0 fully saturated rings. The van der Waals surface area contributed by atoms with Gasteiger partial charge in [-0.2, -0.15) is 5.26 Å². The number of carbonyl (C=O) groups excluding carboxylic acids is 3. The molecule has 0 saturated carbocycles. The molecule has 0 bridgehead atoms. The number of anilines is 1. The lowest BCUT2D eigenvalue weighted by Gasteiger charge is -2.36. The van der Waals surface area contributed by atoms with Crippen LogP contribution in [0.15, 0.2) is 77.3 Å². The molecule has 1 aliphatic heterocycles. The summed E-state index contributed by atoms with van der Waals surface area (Å²) >= 11 is 0. The first-order valence-electron chi connectivity index (χ1n) is 10.3. The van der Waals surface area contributed by atoms with Crippen LogP contribution in [0, 0.1) is 11.3 Å². The zero-order valence-electron chi connectivity index (χ0n) is 18.9. The van der Waals surface area contributed by atoms with Gasteiger partial charge in [0.05, 0.1) is 55.2 Å².